The standard InChI is InChI=1S/C16H16N2O4.2C4H9.Sn/c1-21-13-7-3-11(4-8-13)15(17-19)16(18-20)12-5-9-14(22-2)10-6-12;2*1-3-4-2;/h3-10,19-20H,1-2H3;2*1,3-4H2,2H3;/q;;;+2/p-2/b17-15+,18-16+;;;. The van der Waals surface area contributed by atoms with Crippen LogP contribution < -0.4 is 9.47 Å². The van der Waals surface area contributed by atoms with Crippen molar-refractivity contribution in [2.45, 2.75) is 39.5 Å². The zero-order valence-electron chi connectivity index (χ0n) is 18.9. The average molecular weight is 531 g/mol. The minimum Gasteiger partial charge on any atom is -0.791 e. The molecule has 0 aliphatic heterocycles. The minimum atomic E-state index is -0.0252. The van der Waals surface area contributed by atoms with E-state index in [9.17, 15) is 10.4 Å². The molecular weight excluding hydrogens is 499 g/mol. The van der Waals surface area contributed by atoms with Crippen LogP contribution in [-0.2, 0) is 0 Å². The van der Waals surface area contributed by atoms with Crippen molar-refractivity contribution >= 4 is 35.3 Å². The fraction of sp³-hybridized carbons (Fsp3) is 0.333. The smallest absolute Gasteiger partial charge is 0.791 e. The van der Waals surface area contributed by atoms with E-state index in [4.69, 9.17) is 9.47 Å². The number of methoxy groups -OCH3 is 2. The van der Waals surface area contributed by atoms with Gasteiger partial charge in [-0.1, -0.05) is 53.4 Å². The number of ether oxygens (including phenoxy) is 2. The van der Waals surface area contributed by atoms with E-state index in [2.05, 4.69) is 38.0 Å². The van der Waals surface area contributed by atoms with Crippen molar-refractivity contribution in [3.8, 4) is 11.5 Å². The number of nitrogens with zero attached hydrogens (tertiary/aromatic N) is 2. The van der Waals surface area contributed by atoms with Crippen LogP contribution in [-0.4, -0.2) is 49.6 Å². The number of benzene rings is 2. The van der Waals surface area contributed by atoms with Crippen LogP contribution in [0.2, 0.25) is 0 Å². The quantitative estimate of drug-likeness (QED) is 0.255. The Hall–Kier alpha value is -2.22. The van der Waals surface area contributed by atoms with Crippen molar-refractivity contribution in [3.05, 3.63) is 83.9 Å². The molecule has 0 bridgehead atoms. The maximum atomic E-state index is 11.2. The van der Waals surface area contributed by atoms with Gasteiger partial charge in [0.15, 0.2) is 0 Å². The van der Waals surface area contributed by atoms with E-state index in [1.54, 1.807) is 62.8 Å². The van der Waals surface area contributed by atoms with Gasteiger partial charge in [-0.2, -0.15) is 0 Å². The first-order valence-electron chi connectivity index (χ1n) is 9.84. The third-order valence-electron chi connectivity index (χ3n) is 3.84. The van der Waals surface area contributed by atoms with Crippen molar-refractivity contribution in [1.82, 2.24) is 0 Å². The van der Waals surface area contributed by atoms with Crippen molar-refractivity contribution in [2.24, 2.45) is 10.3 Å². The molecule has 31 heavy (non-hydrogen) atoms. The van der Waals surface area contributed by atoms with Gasteiger partial charge < -0.3 is 30.2 Å². The molecule has 0 aliphatic rings. The Balaban J connectivity index is 0. The summed E-state index contributed by atoms with van der Waals surface area (Å²) in [4.78, 5) is 0. The van der Waals surface area contributed by atoms with Crippen LogP contribution in [0.25, 0.3) is 0 Å². The Morgan fingerprint density at radius 3 is 1.13 bits per heavy atom. The van der Waals surface area contributed by atoms with E-state index in [0.29, 0.717) is 22.6 Å². The minimum absolute atomic E-state index is 0. The molecule has 0 heterocycles. The zero-order chi connectivity index (χ0) is 22.8. The van der Waals surface area contributed by atoms with E-state index in [1.807, 2.05) is 0 Å². The predicted molar refractivity (Wildman–Crippen MR) is 132 cm³/mol. The van der Waals surface area contributed by atoms with Gasteiger partial charge in [-0.25, -0.2) is 0 Å². The average Bonchev–Trinajstić information content (AvgIpc) is 2.83. The monoisotopic (exact) mass is 532 g/mol. The van der Waals surface area contributed by atoms with Crippen LogP contribution in [0.15, 0.2) is 58.8 Å². The second-order valence-corrected chi connectivity index (χ2v) is 6.04. The van der Waals surface area contributed by atoms with Gasteiger partial charge in [0.1, 0.15) is 11.5 Å². The first kappa shape index (κ1) is 31.0. The summed E-state index contributed by atoms with van der Waals surface area (Å²) in [5.74, 6) is 1.28. The molecule has 0 aliphatic carbocycles. The molecule has 0 atom stereocenters. The molecule has 2 rings (SSSR count). The van der Waals surface area contributed by atoms with Crippen molar-refractivity contribution in [2.75, 3.05) is 14.2 Å². The Labute approximate surface area is 203 Å². The van der Waals surface area contributed by atoms with Crippen LogP contribution in [0.4, 0.5) is 0 Å². The second-order valence-electron chi connectivity index (χ2n) is 6.04. The first-order valence-corrected chi connectivity index (χ1v) is 9.84. The Morgan fingerprint density at radius 2 is 0.968 bits per heavy atom. The number of hydrogen-bond acceptors (Lipinski definition) is 6. The molecular formula is C24H32N2O4Sn. The molecule has 0 aromatic heterocycles. The molecule has 2 aromatic carbocycles. The van der Waals surface area contributed by atoms with E-state index in [0.717, 1.165) is 12.8 Å². The SMILES string of the molecule is COc1ccc(C(=N\[O-])/C(=N/[O-])c2ccc(OC)cc2)cc1.[CH2]CCC.[CH2]CCC.[Sn+2]. The molecule has 4 radical (unpaired) electrons. The van der Waals surface area contributed by atoms with Crippen molar-refractivity contribution < 1.29 is 9.47 Å². The second kappa shape index (κ2) is 19.7. The van der Waals surface area contributed by atoms with Crippen LogP contribution in [0, 0.1) is 24.3 Å². The zero-order valence-corrected chi connectivity index (χ0v) is 21.7. The summed E-state index contributed by atoms with van der Waals surface area (Å²) in [7, 11) is 3.08. The van der Waals surface area contributed by atoms with Crippen LogP contribution in [0.5, 0.6) is 11.5 Å². The molecule has 0 fully saturated rings. The Morgan fingerprint density at radius 1 is 0.710 bits per heavy atom. The molecule has 2 aromatic rings. The number of rotatable bonds is 7. The maximum Gasteiger partial charge on any atom is 2.00 e. The van der Waals surface area contributed by atoms with Gasteiger partial charge in [0.25, 0.3) is 0 Å². The largest absolute Gasteiger partial charge is 2.00 e. The molecule has 6 nitrogen and oxygen atoms in total. The summed E-state index contributed by atoms with van der Waals surface area (Å²) in [6.07, 6.45) is 4.56. The van der Waals surface area contributed by atoms with Crippen LogP contribution >= 0.6 is 0 Å². The van der Waals surface area contributed by atoms with Gasteiger partial charge >= 0.3 is 23.9 Å². The normalized spacial score (nSPS) is 10.5. The first-order chi connectivity index (χ1) is 14.6. The van der Waals surface area contributed by atoms with Gasteiger partial charge in [0, 0.05) is 11.1 Å². The van der Waals surface area contributed by atoms with Gasteiger partial charge in [-0.05, 0) is 48.5 Å². The van der Waals surface area contributed by atoms with Crippen LogP contribution in [0.3, 0.4) is 0 Å². The molecule has 0 saturated heterocycles. The summed E-state index contributed by atoms with van der Waals surface area (Å²) in [6, 6.07) is 13.3. The van der Waals surface area contributed by atoms with Crippen molar-refractivity contribution in [3.63, 3.8) is 0 Å². The molecule has 0 amide bonds. The predicted octanol–water partition coefficient (Wildman–Crippen LogP) is 5.84. The van der Waals surface area contributed by atoms with E-state index >= 15 is 0 Å². The molecule has 0 N–H and O–H groups in total. The van der Waals surface area contributed by atoms with E-state index < -0.39 is 0 Å². The van der Waals surface area contributed by atoms with Crippen molar-refractivity contribution in [1.29, 1.82) is 0 Å². The Kier molecular flexibility index (Phi) is 19.7. The number of hydrogen-bond donors (Lipinski definition) is 0. The third kappa shape index (κ3) is 11.7. The fourth-order valence-corrected chi connectivity index (χ4v) is 1.96. The summed E-state index contributed by atoms with van der Waals surface area (Å²) < 4.78 is 10.1. The molecule has 0 unspecified atom stereocenters. The van der Waals surface area contributed by atoms with Gasteiger partial charge in [-0.15, -0.1) is 0 Å². The fourth-order valence-electron chi connectivity index (χ4n) is 1.96. The summed E-state index contributed by atoms with van der Waals surface area (Å²) in [5, 5.41) is 28.3. The summed E-state index contributed by atoms with van der Waals surface area (Å²) in [5.41, 5.74) is 0.924. The Bertz CT molecular complexity index is 676. The molecule has 0 spiro atoms. The van der Waals surface area contributed by atoms with E-state index in [-0.39, 0.29) is 35.3 Å². The summed E-state index contributed by atoms with van der Waals surface area (Å²) >= 11 is 0. The topological polar surface area (TPSA) is 89.3 Å². The van der Waals surface area contributed by atoms with Gasteiger partial charge in [0.2, 0.25) is 0 Å². The molecule has 0 saturated carbocycles. The van der Waals surface area contributed by atoms with Crippen LogP contribution in [0.1, 0.15) is 50.7 Å². The van der Waals surface area contributed by atoms with E-state index in [1.165, 1.54) is 12.8 Å². The number of unbranched alkanes of at least 4 members (excludes halogenated alkanes) is 2. The third-order valence-corrected chi connectivity index (χ3v) is 3.84. The van der Waals surface area contributed by atoms with Gasteiger partial charge in [-0.3, -0.25) is 0 Å². The molecule has 7 heteroatoms. The maximum absolute atomic E-state index is 11.2. The summed E-state index contributed by atoms with van der Waals surface area (Å²) in [6.45, 7) is 11.4. The van der Waals surface area contributed by atoms with Gasteiger partial charge in [0.05, 0.1) is 25.6 Å². The molecule has 166 valence electrons.